The number of hydrogen-bond donors (Lipinski definition) is 1. The maximum Gasteiger partial charge on any atom is 0.0946 e. The fraction of sp³-hybridized carbons (Fsp3) is 0.381. The molecule has 0 fully saturated rings. The Hall–Kier alpha value is -2.13. The van der Waals surface area contributed by atoms with Gasteiger partial charge in [-0.15, -0.1) is 0 Å². The van der Waals surface area contributed by atoms with Crippen molar-refractivity contribution in [3.8, 4) is 0 Å². The quantitative estimate of drug-likeness (QED) is 0.887. The number of hydrazone groups is 1. The van der Waals surface area contributed by atoms with Gasteiger partial charge >= 0.3 is 0 Å². The van der Waals surface area contributed by atoms with E-state index in [-0.39, 0.29) is 6.04 Å². The summed E-state index contributed by atoms with van der Waals surface area (Å²) in [5.41, 5.74) is 8.33. The standard InChI is InChI=1S/C21H27N3/c1-15(2)24(16(3)4)14-17-9-11-18(12-10-17)21-20-8-6-5-7-19(20)13-22-23-21/h5-13,15-16,21,23H,14H2,1-4H3. The fourth-order valence-corrected chi connectivity index (χ4v) is 3.38. The van der Waals surface area contributed by atoms with Gasteiger partial charge in [0.05, 0.1) is 12.3 Å². The van der Waals surface area contributed by atoms with Gasteiger partial charge < -0.3 is 0 Å². The Labute approximate surface area is 145 Å². The van der Waals surface area contributed by atoms with Crippen LogP contribution < -0.4 is 5.43 Å². The van der Waals surface area contributed by atoms with Crippen LogP contribution in [0.25, 0.3) is 0 Å². The average Bonchev–Trinajstić information content (AvgIpc) is 2.59. The number of nitrogens with one attached hydrogen (secondary N) is 1. The van der Waals surface area contributed by atoms with E-state index in [0.717, 1.165) is 6.54 Å². The monoisotopic (exact) mass is 321 g/mol. The van der Waals surface area contributed by atoms with Crippen molar-refractivity contribution in [2.45, 2.75) is 52.4 Å². The van der Waals surface area contributed by atoms with E-state index in [0.29, 0.717) is 12.1 Å². The molecule has 24 heavy (non-hydrogen) atoms. The molecule has 2 aromatic rings. The van der Waals surface area contributed by atoms with Crippen molar-refractivity contribution in [1.82, 2.24) is 10.3 Å². The topological polar surface area (TPSA) is 27.6 Å². The number of rotatable bonds is 5. The molecule has 0 radical (unpaired) electrons. The molecular formula is C21H27N3. The third-order valence-corrected chi connectivity index (χ3v) is 4.72. The molecule has 1 heterocycles. The second-order valence-electron chi connectivity index (χ2n) is 7.05. The van der Waals surface area contributed by atoms with Gasteiger partial charge in [0.15, 0.2) is 0 Å². The molecule has 126 valence electrons. The lowest BCUT2D eigenvalue weighted by molar-refractivity contribution is 0.166. The van der Waals surface area contributed by atoms with Crippen molar-refractivity contribution >= 4 is 6.21 Å². The van der Waals surface area contributed by atoms with E-state index in [1.54, 1.807) is 0 Å². The second-order valence-corrected chi connectivity index (χ2v) is 7.05. The van der Waals surface area contributed by atoms with E-state index in [1.165, 1.54) is 22.3 Å². The summed E-state index contributed by atoms with van der Waals surface area (Å²) in [6, 6.07) is 18.6. The predicted octanol–water partition coefficient (Wildman–Crippen LogP) is 4.33. The highest BCUT2D eigenvalue weighted by molar-refractivity contribution is 5.83. The molecule has 0 spiro atoms. The molecule has 0 amide bonds. The van der Waals surface area contributed by atoms with Gasteiger partial charge in [-0.05, 0) is 44.4 Å². The SMILES string of the molecule is CC(C)N(Cc1ccc(C2NN=Cc3ccccc32)cc1)C(C)C. The minimum absolute atomic E-state index is 0.131. The molecule has 0 saturated heterocycles. The summed E-state index contributed by atoms with van der Waals surface area (Å²) in [6.45, 7) is 10.0. The van der Waals surface area contributed by atoms with Crippen LogP contribution in [0.15, 0.2) is 53.6 Å². The zero-order valence-corrected chi connectivity index (χ0v) is 15.0. The number of fused-ring (bicyclic) bond motifs is 1. The minimum atomic E-state index is 0.131. The largest absolute Gasteiger partial charge is 0.298 e. The smallest absolute Gasteiger partial charge is 0.0946 e. The molecule has 3 heteroatoms. The number of hydrogen-bond acceptors (Lipinski definition) is 3. The second kappa shape index (κ2) is 7.18. The average molecular weight is 321 g/mol. The van der Waals surface area contributed by atoms with Crippen molar-refractivity contribution in [1.29, 1.82) is 0 Å². The highest BCUT2D eigenvalue weighted by Gasteiger charge is 2.19. The van der Waals surface area contributed by atoms with Gasteiger partial charge in [-0.2, -0.15) is 5.10 Å². The first-order valence-electron chi connectivity index (χ1n) is 8.78. The highest BCUT2D eigenvalue weighted by atomic mass is 15.3. The van der Waals surface area contributed by atoms with Crippen molar-refractivity contribution in [2.75, 3.05) is 0 Å². The molecule has 0 aliphatic carbocycles. The normalized spacial score (nSPS) is 16.5. The lowest BCUT2D eigenvalue weighted by Gasteiger charge is -2.30. The molecule has 1 aliphatic rings. The molecule has 2 aromatic carbocycles. The first kappa shape index (κ1) is 16.7. The number of nitrogens with zero attached hydrogens (tertiary/aromatic N) is 2. The molecule has 0 bridgehead atoms. The molecule has 3 nitrogen and oxygen atoms in total. The molecule has 3 rings (SSSR count). The van der Waals surface area contributed by atoms with Gasteiger partial charge in [0.25, 0.3) is 0 Å². The van der Waals surface area contributed by atoms with Crippen molar-refractivity contribution in [3.63, 3.8) is 0 Å². The van der Waals surface area contributed by atoms with E-state index in [2.05, 4.69) is 91.7 Å². The van der Waals surface area contributed by atoms with Gasteiger partial charge in [0.2, 0.25) is 0 Å². The first-order valence-corrected chi connectivity index (χ1v) is 8.78. The Morgan fingerprint density at radius 3 is 2.29 bits per heavy atom. The van der Waals surface area contributed by atoms with Crippen LogP contribution in [-0.2, 0) is 6.54 Å². The fourth-order valence-electron chi connectivity index (χ4n) is 3.38. The maximum absolute atomic E-state index is 4.31. The van der Waals surface area contributed by atoms with Crippen molar-refractivity contribution < 1.29 is 0 Å². The molecule has 1 N–H and O–H groups in total. The molecule has 0 saturated carbocycles. The van der Waals surface area contributed by atoms with Gasteiger partial charge in [-0.3, -0.25) is 10.3 Å². The summed E-state index contributed by atoms with van der Waals surface area (Å²) in [4.78, 5) is 2.51. The highest BCUT2D eigenvalue weighted by Crippen LogP contribution is 2.27. The predicted molar refractivity (Wildman–Crippen MR) is 101 cm³/mol. The zero-order chi connectivity index (χ0) is 17.1. The Balaban J connectivity index is 1.79. The van der Waals surface area contributed by atoms with Gasteiger partial charge in [-0.1, -0.05) is 48.5 Å². The molecule has 1 atom stereocenters. The summed E-state index contributed by atoms with van der Waals surface area (Å²) in [7, 11) is 0. The van der Waals surface area contributed by atoms with E-state index in [1.807, 2.05) is 6.21 Å². The van der Waals surface area contributed by atoms with Crippen LogP contribution in [-0.4, -0.2) is 23.2 Å². The summed E-state index contributed by atoms with van der Waals surface area (Å²) in [6.07, 6.45) is 1.89. The summed E-state index contributed by atoms with van der Waals surface area (Å²) >= 11 is 0. The Bertz CT molecular complexity index is 693. The van der Waals surface area contributed by atoms with Gasteiger partial charge in [0.1, 0.15) is 0 Å². The zero-order valence-electron chi connectivity index (χ0n) is 15.0. The first-order chi connectivity index (χ1) is 11.6. The van der Waals surface area contributed by atoms with Gasteiger partial charge in [0, 0.05) is 24.2 Å². The summed E-state index contributed by atoms with van der Waals surface area (Å²) in [5.74, 6) is 0. The Morgan fingerprint density at radius 2 is 1.62 bits per heavy atom. The minimum Gasteiger partial charge on any atom is -0.298 e. The lowest BCUT2D eigenvalue weighted by Crippen LogP contribution is -2.36. The maximum atomic E-state index is 4.31. The van der Waals surface area contributed by atoms with Crippen molar-refractivity contribution in [3.05, 3.63) is 70.8 Å². The van der Waals surface area contributed by atoms with Crippen LogP contribution in [0.2, 0.25) is 0 Å². The summed E-state index contributed by atoms with van der Waals surface area (Å²) < 4.78 is 0. The van der Waals surface area contributed by atoms with Crippen LogP contribution in [0, 0.1) is 0 Å². The number of benzene rings is 2. The van der Waals surface area contributed by atoms with E-state index < -0.39 is 0 Å². The lowest BCUT2D eigenvalue weighted by atomic mass is 9.94. The van der Waals surface area contributed by atoms with E-state index >= 15 is 0 Å². The molecule has 1 aliphatic heterocycles. The van der Waals surface area contributed by atoms with Crippen LogP contribution >= 0.6 is 0 Å². The van der Waals surface area contributed by atoms with Crippen LogP contribution in [0.1, 0.15) is 56.0 Å². The van der Waals surface area contributed by atoms with Crippen LogP contribution in [0.3, 0.4) is 0 Å². The third-order valence-electron chi connectivity index (χ3n) is 4.72. The van der Waals surface area contributed by atoms with E-state index in [4.69, 9.17) is 0 Å². The van der Waals surface area contributed by atoms with Crippen LogP contribution in [0.4, 0.5) is 0 Å². The third kappa shape index (κ3) is 3.51. The molecular weight excluding hydrogens is 294 g/mol. The molecule has 0 aromatic heterocycles. The van der Waals surface area contributed by atoms with Crippen molar-refractivity contribution in [2.24, 2.45) is 5.10 Å². The van der Waals surface area contributed by atoms with Gasteiger partial charge in [-0.25, -0.2) is 0 Å². The molecule has 1 unspecified atom stereocenters. The summed E-state index contributed by atoms with van der Waals surface area (Å²) in [5, 5.41) is 4.31. The Kier molecular flexibility index (Phi) is 5.00. The Morgan fingerprint density at radius 1 is 0.958 bits per heavy atom. The van der Waals surface area contributed by atoms with E-state index in [9.17, 15) is 0 Å². The van der Waals surface area contributed by atoms with Crippen LogP contribution in [0.5, 0.6) is 0 Å².